The summed E-state index contributed by atoms with van der Waals surface area (Å²) in [6, 6.07) is 19.6. The quantitative estimate of drug-likeness (QED) is 0.585. The number of halogens is 1. The maximum atomic E-state index is 13.1. The molecule has 166 valence electrons. The van der Waals surface area contributed by atoms with Gasteiger partial charge in [0.15, 0.2) is 17.6 Å². The number of hydrogen-bond acceptors (Lipinski definition) is 5. The van der Waals surface area contributed by atoms with Crippen molar-refractivity contribution in [3.05, 3.63) is 83.4 Å². The molecule has 0 aromatic heterocycles. The fourth-order valence-corrected chi connectivity index (χ4v) is 4.53. The van der Waals surface area contributed by atoms with E-state index in [2.05, 4.69) is 4.72 Å². The Labute approximate surface area is 191 Å². The smallest absolute Gasteiger partial charge is 0.261 e. The van der Waals surface area contributed by atoms with Crippen LogP contribution in [0.25, 0.3) is 0 Å². The van der Waals surface area contributed by atoms with Gasteiger partial charge in [-0.05, 0) is 48.5 Å². The molecule has 1 aliphatic rings. The first-order chi connectivity index (χ1) is 15.3. The van der Waals surface area contributed by atoms with Crippen LogP contribution in [0.5, 0.6) is 11.5 Å². The first-order valence-electron chi connectivity index (χ1n) is 9.85. The summed E-state index contributed by atoms with van der Waals surface area (Å²) >= 11 is 5.85. The molecule has 1 amide bonds. The number of hydrogen-bond donors (Lipinski definition) is 1. The van der Waals surface area contributed by atoms with E-state index in [0.717, 1.165) is 0 Å². The average Bonchev–Trinajstić information content (AvgIpc) is 2.79. The number of benzene rings is 3. The van der Waals surface area contributed by atoms with Crippen molar-refractivity contribution < 1.29 is 22.7 Å². The minimum atomic E-state index is -3.90. The number of anilines is 1. The van der Waals surface area contributed by atoms with Crippen LogP contribution in [0.1, 0.15) is 10.4 Å². The van der Waals surface area contributed by atoms with E-state index >= 15 is 0 Å². The summed E-state index contributed by atoms with van der Waals surface area (Å²) in [5.74, 6) is 0.947. The summed E-state index contributed by atoms with van der Waals surface area (Å²) in [5, 5.41) is 0.428. The standard InChI is InChI=1S/C23H21ClN2O5S/c1-26(14-17-15-30-21-8-4-5-9-22(21)31-17)23(27)19-6-2-3-7-20(19)25-32(28,29)18-12-10-16(24)11-13-18/h2-13,17,25H,14-15H2,1H3. The summed E-state index contributed by atoms with van der Waals surface area (Å²) in [6.07, 6.45) is -0.350. The second-order valence-electron chi connectivity index (χ2n) is 7.29. The second-order valence-corrected chi connectivity index (χ2v) is 9.41. The third-order valence-electron chi connectivity index (χ3n) is 4.92. The normalized spacial score (nSPS) is 15.1. The number of nitrogens with one attached hydrogen (secondary N) is 1. The zero-order chi connectivity index (χ0) is 22.7. The van der Waals surface area contributed by atoms with Gasteiger partial charge in [0.25, 0.3) is 15.9 Å². The predicted molar refractivity (Wildman–Crippen MR) is 122 cm³/mol. The molecule has 0 aliphatic carbocycles. The molecule has 1 aliphatic heterocycles. The molecular formula is C23H21ClN2O5S. The van der Waals surface area contributed by atoms with Crippen LogP contribution in [0.4, 0.5) is 5.69 Å². The molecule has 3 aromatic carbocycles. The summed E-state index contributed by atoms with van der Waals surface area (Å²) in [7, 11) is -2.26. The second kappa shape index (κ2) is 9.10. The maximum absolute atomic E-state index is 13.1. The SMILES string of the molecule is CN(CC1COc2ccccc2O1)C(=O)c1ccccc1NS(=O)(=O)c1ccc(Cl)cc1. The number of sulfonamides is 1. The number of ether oxygens (including phenoxy) is 2. The molecular weight excluding hydrogens is 452 g/mol. The van der Waals surface area contributed by atoms with Crippen molar-refractivity contribution >= 4 is 33.2 Å². The van der Waals surface area contributed by atoms with Crippen molar-refractivity contribution in [2.45, 2.75) is 11.0 Å². The van der Waals surface area contributed by atoms with Crippen LogP contribution >= 0.6 is 11.6 Å². The molecule has 1 heterocycles. The molecule has 1 unspecified atom stereocenters. The molecule has 4 rings (SSSR count). The minimum absolute atomic E-state index is 0.0453. The molecule has 0 radical (unpaired) electrons. The molecule has 0 bridgehead atoms. The van der Waals surface area contributed by atoms with Crippen molar-refractivity contribution in [3.8, 4) is 11.5 Å². The van der Waals surface area contributed by atoms with Crippen LogP contribution in [0.2, 0.25) is 5.02 Å². The number of carbonyl (C=O) groups is 1. The van der Waals surface area contributed by atoms with Gasteiger partial charge in [0.1, 0.15) is 6.61 Å². The van der Waals surface area contributed by atoms with Gasteiger partial charge in [0, 0.05) is 12.1 Å². The summed E-state index contributed by atoms with van der Waals surface area (Å²) in [5.41, 5.74) is 0.412. The number of para-hydroxylation sites is 3. The molecule has 9 heteroatoms. The van der Waals surface area contributed by atoms with Crippen LogP contribution in [-0.2, 0) is 10.0 Å². The number of likely N-dealkylation sites (N-methyl/N-ethyl adjacent to an activating group) is 1. The lowest BCUT2D eigenvalue weighted by atomic mass is 10.1. The number of amides is 1. The van der Waals surface area contributed by atoms with Crippen LogP contribution in [0.15, 0.2) is 77.7 Å². The highest BCUT2D eigenvalue weighted by Crippen LogP contribution is 2.31. The number of carbonyl (C=O) groups excluding carboxylic acids is 1. The van der Waals surface area contributed by atoms with Gasteiger partial charge in [-0.3, -0.25) is 9.52 Å². The molecule has 0 spiro atoms. The van der Waals surface area contributed by atoms with E-state index < -0.39 is 10.0 Å². The van der Waals surface area contributed by atoms with Crippen molar-refractivity contribution in [2.24, 2.45) is 0 Å². The van der Waals surface area contributed by atoms with E-state index in [9.17, 15) is 13.2 Å². The first-order valence-corrected chi connectivity index (χ1v) is 11.7. The van der Waals surface area contributed by atoms with E-state index in [1.165, 1.54) is 29.2 Å². The highest BCUT2D eigenvalue weighted by atomic mass is 35.5. The van der Waals surface area contributed by atoms with E-state index in [-0.39, 0.29) is 34.7 Å². The number of rotatable bonds is 6. The van der Waals surface area contributed by atoms with E-state index in [4.69, 9.17) is 21.1 Å². The molecule has 0 saturated heterocycles. The topological polar surface area (TPSA) is 84.9 Å². The Kier molecular flexibility index (Phi) is 6.25. The van der Waals surface area contributed by atoms with E-state index in [1.807, 2.05) is 24.3 Å². The largest absolute Gasteiger partial charge is 0.486 e. The highest BCUT2D eigenvalue weighted by molar-refractivity contribution is 7.92. The van der Waals surface area contributed by atoms with E-state index in [1.54, 1.807) is 31.3 Å². The number of nitrogens with zero attached hydrogens (tertiary/aromatic N) is 1. The van der Waals surface area contributed by atoms with Gasteiger partial charge in [-0.1, -0.05) is 35.9 Å². The molecule has 0 fully saturated rings. The Morgan fingerprint density at radius 3 is 2.44 bits per heavy atom. The third-order valence-corrected chi connectivity index (χ3v) is 6.55. The molecule has 32 heavy (non-hydrogen) atoms. The van der Waals surface area contributed by atoms with Gasteiger partial charge in [-0.25, -0.2) is 8.42 Å². The Morgan fingerprint density at radius 1 is 1.03 bits per heavy atom. The predicted octanol–water partition coefficient (Wildman–Crippen LogP) is 4.05. The Morgan fingerprint density at radius 2 is 1.69 bits per heavy atom. The highest BCUT2D eigenvalue weighted by Gasteiger charge is 2.26. The van der Waals surface area contributed by atoms with Gasteiger partial charge in [0.05, 0.1) is 22.7 Å². The Hall–Kier alpha value is -3.23. The Bertz CT molecular complexity index is 1230. The van der Waals surface area contributed by atoms with Gasteiger partial charge >= 0.3 is 0 Å². The zero-order valence-corrected chi connectivity index (χ0v) is 18.8. The first kappa shape index (κ1) is 22.0. The molecule has 1 atom stereocenters. The van der Waals surface area contributed by atoms with Crippen molar-refractivity contribution in [2.75, 3.05) is 24.9 Å². The van der Waals surface area contributed by atoms with Gasteiger partial charge in [0.2, 0.25) is 0 Å². The summed E-state index contributed by atoms with van der Waals surface area (Å²) < 4.78 is 39.7. The van der Waals surface area contributed by atoms with Gasteiger partial charge in [-0.2, -0.15) is 0 Å². The molecule has 1 N–H and O–H groups in total. The Balaban J connectivity index is 1.49. The van der Waals surface area contributed by atoms with Crippen molar-refractivity contribution in [3.63, 3.8) is 0 Å². The van der Waals surface area contributed by atoms with Gasteiger partial charge in [-0.15, -0.1) is 0 Å². The van der Waals surface area contributed by atoms with Crippen molar-refractivity contribution in [1.29, 1.82) is 0 Å². The third kappa shape index (κ3) is 4.81. The average molecular weight is 473 g/mol. The van der Waals surface area contributed by atoms with Crippen molar-refractivity contribution in [1.82, 2.24) is 4.90 Å². The lowest BCUT2D eigenvalue weighted by Crippen LogP contribution is -2.42. The van der Waals surface area contributed by atoms with Crippen LogP contribution in [0, 0.1) is 0 Å². The molecule has 7 nitrogen and oxygen atoms in total. The van der Waals surface area contributed by atoms with E-state index in [0.29, 0.717) is 23.1 Å². The monoisotopic (exact) mass is 472 g/mol. The lowest BCUT2D eigenvalue weighted by molar-refractivity contribution is 0.0521. The number of fused-ring (bicyclic) bond motifs is 1. The zero-order valence-electron chi connectivity index (χ0n) is 17.2. The van der Waals surface area contributed by atoms with Crippen LogP contribution in [0.3, 0.4) is 0 Å². The fourth-order valence-electron chi connectivity index (χ4n) is 3.32. The fraction of sp³-hybridized carbons (Fsp3) is 0.174. The van der Waals surface area contributed by atoms with Crippen LogP contribution < -0.4 is 14.2 Å². The molecule has 0 saturated carbocycles. The lowest BCUT2D eigenvalue weighted by Gasteiger charge is -2.30. The minimum Gasteiger partial charge on any atom is -0.486 e. The van der Waals surface area contributed by atoms with Gasteiger partial charge < -0.3 is 14.4 Å². The summed E-state index contributed by atoms with van der Waals surface area (Å²) in [6.45, 7) is 0.574. The summed E-state index contributed by atoms with van der Waals surface area (Å²) in [4.78, 5) is 14.7. The molecule has 3 aromatic rings. The van der Waals surface area contributed by atoms with Crippen LogP contribution in [-0.4, -0.2) is 45.5 Å². The maximum Gasteiger partial charge on any atom is 0.261 e.